The van der Waals surface area contributed by atoms with Crippen molar-refractivity contribution in [1.29, 1.82) is 0 Å². The molecule has 0 aromatic heterocycles. The summed E-state index contributed by atoms with van der Waals surface area (Å²) in [6, 6.07) is 17.4. The number of fused-ring (bicyclic) bond motifs is 1. The Morgan fingerprint density at radius 3 is 2.40 bits per heavy atom. The number of hydrogen-bond acceptors (Lipinski definition) is 1. The number of nitrogens with zero attached hydrogens (tertiary/aromatic N) is 1. The monoisotopic (exact) mass is 263 g/mol. The number of benzene rings is 2. The van der Waals surface area contributed by atoms with Crippen LogP contribution in [0.25, 0.3) is 0 Å². The quantitative estimate of drug-likeness (QED) is 0.770. The topological polar surface area (TPSA) is 3.24 Å². The lowest BCUT2D eigenvalue weighted by atomic mass is 9.84. The minimum atomic E-state index is 0.0371. The first-order valence-corrected chi connectivity index (χ1v) is 7.10. The second kappa shape index (κ2) is 4.52. The zero-order valence-corrected chi connectivity index (χ0v) is 12.5. The van der Waals surface area contributed by atoms with Crippen molar-refractivity contribution in [2.75, 3.05) is 11.9 Å². The third-order valence-corrected chi connectivity index (χ3v) is 4.47. The molecule has 0 aliphatic carbocycles. The molecule has 1 aliphatic rings. The summed E-state index contributed by atoms with van der Waals surface area (Å²) in [5.74, 6) is 0. The number of allylic oxidation sites excluding steroid dienone is 1. The van der Waals surface area contributed by atoms with E-state index in [1.54, 1.807) is 0 Å². The smallest absolute Gasteiger partial charge is 0.0450 e. The molecule has 0 atom stereocenters. The molecule has 0 spiro atoms. The van der Waals surface area contributed by atoms with Crippen LogP contribution in [0, 0.1) is 0 Å². The maximum Gasteiger partial charge on any atom is 0.0450 e. The zero-order chi connectivity index (χ0) is 14.3. The highest BCUT2D eigenvalue weighted by Crippen LogP contribution is 2.46. The SMILES string of the molecule is C=C1N(C)c2cc(Cc3ccccc3)ccc2C1(C)C. The van der Waals surface area contributed by atoms with Crippen molar-refractivity contribution < 1.29 is 0 Å². The summed E-state index contributed by atoms with van der Waals surface area (Å²) in [5, 5.41) is 0. The fourth-order valence-corrected chi connectivity index (χ4v) is 3.04. The van der Waals surface area contributed by atoms with Crippen molar-refractivity contribution in [3.05, 3.63) is 77.5 Å². The van der Waals surface area contributed by atoms with Crippen molar-refractivity contribution in [3.8, 4) is 0 Å². The fourth-order valence-electron chi connectivity index (χ4n) is 3.04. The van der Waals surface area contributed by atoms with E-state index in [0.717, 1.165) is 6.42 Å². The van der Waals surface area contributed by atoms with Crippen LogP contribution in [0.2, 0.25) is 0 Å². The van der Waals surface area contributed by atoms with Crippen molar-refractivity contribution in [3.63, 3.8) is 0 Å². The molecule has 0 saturated heterocycles. The third kappa shape index (κ3) is 1.94. The Morgan fingerprint density at radius 2 is 1.70 bits per heavy atom. The molecule has 0 fully saturated rings. The maximum atomic E-state index is 4.24. The Bertz CT molecular complexity index is 653. The minimum absolute atomic E-state index is 0.0371. The van der Waals surface area contributed by atoms with Crippen molar-refractivity contribution in [1.82, 2.24) is 0 Å². The van der Waals surface area contributed by atoms with Crippen LogP contribution < -0.4 is 4.90 Å². The molecule has 2 aromatic rings. The summed E-state index contributed by atoms with van der Waals surface area (Å²) in [4.78, 5) is 2.23. The van der Waals surface area contributed by atoms with Gasteiger partial charge < -0.3 is 4.90 Å². The van der Waals surface area contributed by atoms with Crippen molar-refractivity contribution in [2.45, 2.75) is 25.7 Å². The van der Waals surface area contributed by atoms with Crippen LogP contribution >= 0.6 is 0 Å². The van der Waals surface area contributed by atoms with Crippen LogP contribution in [-0.4, -0.2) is 7.05 Å². The molecule has 0 amide bonds. The number of anilines is 1. The number of rotatable bonds is 2. The van der Waals surface area contributed by atoms with Gasteiger partial charge in [0.15, 0.2) is 0 Å². The first-order valence-electron chi connectivity index (χ1n) is 7.10. The van der Waals surface area contributed by atoms with Crippen LogP contribution in [0.5, 0.6) is 0 Å². The van der Waals surface area contributed by atoms with Gasteiger partial charge in [-0.15, -0.1) is 0 Å². The third-order valence-electron chi connectivity index (χ3n) is 4.47. The van der Waals surface area contributed by atoms with Gasteiger partial charge in [-0.2, -0.15) is 0 Å². The lowest BCUT2D eigenvalue weighted by Crippen LogP contribution is -2.21. The molecule has 102 valence electrons. The second-order valence-electron chi connectivity index (χ2n) is 6.14. The van der Waals surface area contributed by atoms with Crippen molar-refractivity contribution >= 4 is 5.69 Å². The summed E-state index contributed by atoms with van der Waals surface area (Å²) in [6.45, 7) is 8.73. The lowest BCUT2D eigenvalue weighted by molar-refractivity contribution is 0.643. The van der Waals surface area contributed by atoms with Crippen molar-refractivity contribution in [2.24, 2.45) is 0 Å². The van der Waals surface area contributed by atoms with Gasteiger partial charge in [0, 0.05) is 23.8 Å². The first-order chi connectivity index (χ1) is 9.50. The van der Waals surface area contributed by atoms with E-state index in [9.17, 15) is 0 Å². The molecule has 1 aliphatic heterocycles. The maximum absolute atomic E-state index is 4.24. The molecule has 2 aromatic carbocycles. The minimum Gasteiger partial charge on any atom is -0.348 e. The zero-order valence-electron chi connectivity index (χ0n) is 12.5. The van der Waals surface area contributed by atoms with E-state index in [4.69, 9.17) is 0 Å². The second-order valence-corrected chi connectivity index (χ2v) is 6.14. The highest BCUT2D eigenvalue weighted by Gasteiger charge is 2.36. The molecule has 1 heteroatoms. The average Bonchev–Trinajstić information content (AvgIpc) is 2.61. The molecule has 0 unspecified atom stereocenters. The normalized spacial score (nSPS) is 16.4. The highest BCUT2D eigenvalue weighted by atomic mass is 15.1. The Hall–Kier alpha value is -2.02. The molecule has 20 heavy (non-hydrogen) atoms. The van der Waals surface area contributed by atoms with Crippen LogP contribution in [-0.2, 0) is 11.8 Å². The Labute approximate surface area is 121 Å². The molecule has 0 saturated carbocycles. The standard InChI is InChI=1S/C19H21N/c1-14-19(2,3)17-11-10-16(13-18(17)20(14)4)12-15-8-6-5-7-9-15/h5-11,13H,1,12H2,2-4H3. The summed E-state index contributed by atoms with van der Waals surface area (Å²) >= 11 is 0. The molecule has 0 bridgehead atoms. The summed E-state index contributed by atoms with van der Waals surface area (Å²) in [6.07, 6.45) is 0.981. The van der Waals surface area contributed by atoms with Gasteiger partial charge in [-0.25, -0.2) is 0 Å². The van der Waals surface area contributed by atoms with E-state index in [1.807, 2.05) is 0 Å². The van der Waals surface area contributed by atoms with E-state index in [-0.39, 0.29) is 5.41 Å². The molecule has 1 nitrogen and oxygen atoms in total. The Balaban J connectivity index is 1.97. The van der Waals surface area contributed by atoms with Gasteiger partial charge in [0.1, 0.15) is 0 Å². The molecule has 0 N–H and O–H groups in total. The number of hydrogen-bond donors (Lipinski definition) is 0. The van der Waals surface area contributed by atoms with Crippen LogP contribution in [0.3, 0.4) is 0 Å². The molecule has 0 radical (unpaired) electrons. The van der Waals surface area contributed by atoms with Crippen LogP contribution in [0.1, 0.15) is 30.5 Å². The van der Waals surface area contributed by atoms with E-state index in [0.29, 0.717) is 0 Å². The van der Waals surface area contributed by atoms with E-state index < -0.39 is 0 Å². The van der Waals surface area contributed by atoms with Gasteiger partial charge in [0.2, 0.25) is 0 Å². The van der Waals surface area contributed by atoms with Crippen LogP contribution in [0.15, 0.2) is 60.8 Å². The van der Waals surface area contributed by atoms with E-state index in [1.165, 1.54) is 28.1 Å². The average molecular weight is 263 g/mol. The first kappa shape index (κ1) is 13.0. The van der Waals surface area contributed by atoms with Gasteiger partial charge in [-0.3, -0.25) is 0 Å². The predicted octanol–water partition coefficient (Wildman–Crippen LogP) is 4.52. The van der Waals surface area contributed by atoms with Gasteiger partial charge in [0.05, 0.1) is 0 Å². The van der Waals surface area contributed by atoms with Crippen LogP contribution in [0.4, 0.5) is 5.69 Å². The highest BCUT2D eigenvalue weighted by molar-refractivity contribution is 5.70. The van der Waals surface area contributed by atoms with Gasteiger partial charge in [0.25, 0.3) is 0 Å². The van der Waals surface area contributed by atoms with Gasteiger partial charge in [-0.1, -0.05) is 62.9 Å². The summed E-state index contributed by atoms with van der Waals surface area (Å²) in [5.41, 5.74) is 6.59. The van der Waals surface area contributed by atoms with Gasteiger partial charge >= 0.3 is 0 Å². The lowest BCUT2D eigenvalue weighted by Gasteiger charge is -2.22. The van der Waals surface area contributed by atoms with E-state index in [2.05, 4.69) is 80.9 Å². The molecule has 1 heterocycles. The Morgan fingerprint density at radius 1 is 1.00 bits per heavy atom. The largest absolute Gasteiger partial charge is 0.348 e. The molecular weight excluding hydrogens is 242 g/mol. The summed E-state index contributed by atoms with van der Waals surface area (Å²) < 4.78 is 0. The fraction of sp³-hybridized carbons (Fsp3) is 0.263. The molecule has 3 rings (SSSR count). The summed E-state index contributed by atoms with van der Waals surface area (Å²) in [7, 11) is 2.11. The Kier molecular flexibility index (Phi) is 2.93. The van der Waals surface area contributed by atoms with Gasteiger partial charge in [-0.05, 0) is 29.2 Å². The predicted molar refractivity (Wildman–Crippen MR) is 86.3 cm³/mol. The number of likely N-dealkylation sites (N-methyl/N-ethyl adjacent to an activating group) is 1. The molecular formula is C19H21N. The van der Waals surface area contributed by atoms with E-state index >= 15 is 0 Å².